The molecule has 1 aromatic carbocycles. The molecule has 0 aliphatic carbocycles. The minimum atomic E-state index is -1.35. The van der Waals surface area contributed by atoms with Gasteiger partial charge in [-0.25, -0.2) is 9.18 Å². The molecule has 1 aliphatic rings. The fourth-order valence-corrected chi connectivity index (χ4v) is 3.04. The number of nitrogens with zero attached hydrogens (tertiary/aromatic N) is 1. The third kappa shape index (κ3) is 4.29. The largest absolute Gasteiger partial charge is 0.354 e. The Morgan fingerprint density at radius 2 is 1.86 bits per heavy atom. The lowest BCUT2D eigenvalue weighted by Crippen LogP contribution is -2.49. The molecule has 0 spiro atoms. The monoisotopic (exact) mass is 392 g/mol. The summed E-state index contributed by atoms with van der Waals surface area (Å²) in [5.41, 5.74) is -0.917. The van der Waals surface area contributed by atoms with Crippen LogP contribution in [0, 0.1) is 5.82 Å². The van der Waals surface area contributed by atoms with E-state index in [0.717, 1.165) is 11.3 Å². The van der Waals surface area contributed by atoms with E-state index in [9.17, 15) is 23.6 Å². The average molecular weight is 392 g/mol. The molecule has 28 heavy (non-hydrogen) atoms. The molecule has 5 amide bonds. The molecular weight excluding hydrogens is 367 g/mol. The van der Waals surface area contributed by atoms with Gasteiger partial charge in [-0.15, -0.1) is 0 Å². The second kappa shape index (κ2) is 8.81. The summed E-state index contributed by atoms with van der Waals surface area (Å²) in [6.45, 7) is 5.11. The maximum Gasteiger partial charge on any atom is 0.325 e. The second-order valence-corrected chi connectivity index (χ2v) is 6.67. The van der Waals surface area contributed by atoms with Crippen LogP contribution in [0.4, 0.5) is 9.18 Å². The van der Waals surface area contributed by atoms with Crippen molar-refractivity contribution in [2.45, 2.75) is 45.2 Å². The van der Waals surface area contributed by atoms with Gasteiger partial charge in [0.15, 0.2) is 0 Å². The standard InChI is InChI=1S/C19H25FN4O4/c1-4-10-21-16(26)12(3)22-15(25)11-24-17(27)19(5-2,23-18(24)28)13-6-8-14(20)9-7-13/h6-9,12H,4-5,10-11H2,1-3H3,(H,21,26)(H,22,25)(H,23,28)/t12-,19+/m1/s1. The number of carbonyl (C=O) groups is 4. The highest BCUT2D eigenvalue weighted by Crippen LogP contribution is 2.32. The van der Waals surface area contributed by atoms with Gasteiger partial charge in [0, 0.05) is 6.54 Å². The van der Waals surface area contributed by atoms with E-state index in [0.29, 0.717) is 12.1 Å². The number of rotatable bonds is 8. The van der Waals surface area contributed by atoms with E-state index in [1.807, 2.05) is 6.92 Å². The highest BCUT2D eigenvalue weighted by Gasteiger charge is 2.51. The van der Waals surface area contributed by atoms with Crippen LogP contribution in [0.15, 0.2) is 24.3 Å². The van der Waals surface area contributed by atoms with Crippen LogP contribution in [0.5, 0.6) is 0 Å². The van der Waals surface area contributed by atoms with Gasteiger partial charge in [0.1, 0.15) is 23.9 Å². The maximum absolute atomic E-state index is 13.2. The first-order valence-electron chi connectivity index (χ1n) is 9.22. The van der Waals surface area contributed by atoms with E-state index < -0.39 is 41.8 Å². The number of hydrogen-bond acceptors (Lipinski definition) is 4. The van der Waals surface area contributed by atoms with Gasteiger partial charge in [0.05, 0.1) is 0 Å². The number of nitrogens with one attached hydrogen (secondary N) is 3. The van der Waals surface area contributed by atoms with Crippen LogP contribution in [0.25, 0.3) is 0 Å². The van der Waals surface area contributed by atoms with Gasteiger partial charge in [-0.1, -0.05) is 26.0 Å². The van der Waals surface area contributed by atoms with E-state index in [-0.39, 0.29) is 12.3 Å². The van der Waals surface area contributed by atoms with Crippen molar-refractivity contribution in [1.29, 1.82) is 0 Å². The Labute approximate surface area is 162 Å². The van der Waals surface area contributed by atoms with Gasteiger partial charge in [-0.2, -0.15) is 0 Å². The summed E-state index contributed by atoms with van der Waals surface area (Å²) in [6.07, 6.45) is 0.995. The molecule has 152 valence electrons. The van der Waals surface area contributed by atoms with E-state index in [2.05, 4.69) is 16.0 Å². The molecule has 2 rings (SSSR count). The Morgan fingerprint density at radius 1 is 1.21 bits per heavy atom. The fourth-order valence-electron chi connectivity index (χ4n) is 3.04. The van der Waals surface area contributed by atoms with Crippen molar-refractivity contribution in [2.75, 3.05) is 13.1 Å². The number of benzene rings is 1. The van der Waals surface area contributed by atoms with Gasteiger partial charge in [0.2, 0.25) is 11.8 Å². The van der Waals surface area contributed by atoms with Gasteiger partial charge in [0.25, 0.3) is 5.91 Å². The zero-order valence-corrected chi connectivity index (χ0v) is 16.2. The van der Waals surface area contributed by atoms with Gasteiger partial charge in [-0.3, -0.25) is 19.3 Å². The number of halogens is 1. The summed E-state index contributed by atoms with van der Waals surface area (Å²) in [7, 11) is 0. The number of carbonyl (C=O) groups excluding carboxylic acids is 4. The fraction of sp³-hybridized carbons (Fsp3) is 0.474. The molecule has 1 aromatic rings. The third-order valence-electron chi connectivity index (χ3n) is 4.66. The molecule has 0 saturated carbocycles. The summed E-state index contributed by atoms with van der Waals surface area (Å²) in [5, 5.41) is 7.75. The Balaban J connectivity index is 2.09. The quantitative estimate of drug-likeness (QED) is 0.574. The van der Waals surface area contributed by atoms with Crippen molar-refractivity contribution in [1.82, 2.24) is 20.9 Å². The predicted octanol–water partition coefficient (Wildman–Crippen LogP) is 1.01. The molecule has 0 bridgehead atoms. The summed E-state index contributed by atoms with van der Waals surface area (Å²) in [5.74, 6) is -2.03. The maximum atomic E-state index is 13.2. The van der Waals surface area contributed by atoms with Crippen molar-refractivity contribution in [3.05, 3.63) is 35.6 Å². The summed E-state index contributed by atoms with van der Waals surface area (Å²) in [4.78, 5) is 50.2. The minimum Gasteiger partial charge on any atom is -0.354 e. The van der Waals surface area contributed by atoms with E-state index in [4.69, 9.17) is 0 Å². The molecule has 3 N–H and O–H groups in total. The van der Waals surface area contributed by atoms with E-state index in [1.54, 1.807) is 6.92 Å². The van der Waals surface area contributed by atoms with Crippen LogP contribution in [0.2, 0.25) is 0 Å². The number of amides is 5. The van der Waals surface area contributed by atoms with Crippen LogP contribution in [0.1, 0.15) is 39.2 Å². The van der Waals surface area contributed by atoms with E-state index >= 15 is 0 Å². The summed E-state index contributed by atoms with van der Waals surface area (Å²) >= 11 is 0. The van der Waals surface area contributed by atoms with Crippen molar-refractivity contribution in [2.24, 2.45) is 0 Å². The van der Waals surface area contributed by atoms with Crippen LogP contribution < -0.4 is 16.0 Å². The minimum absolute atomic E-state index is 0.233. The van der Waals surface area contributed by atoms with E-state index in [1.165, 1.54) is 31.2 Å². The highest BCUT2D eigenvalue weighted by atomic mass is 19.1. The lowest BCUT2D eigenvalue weighted by Gasteiger charge is -2.25. The first-order valence-corrected chi connectivity index (χ1v) is 9.22. The third-order valence-corrected chi connectivity index (χ3v) is 4.66. The molecule has 2 atom stereocenters. The van der Waals surface area contributed by atoms with Gasteiger partial charge < -0.3 is 16.0 Å². The van der Waals surface area contributed by atoms with Crippen LogP contribution >= 0.6 is 0 Å². The Kier molecular flexibility index (Phi) is 6.71. The predicted molar refractivity (Wildman–Crippen MR) is 99.5 cm³/mol. The molecule has 1 fully saturated rings. The van der Waals surface area contributed by atoms with Crippen molar-refractivity contribution < 1.29 is 23.6 Å². The molecule has 1 heterocycles. The van der Waals surface area contributed by atoms with Gasteiger partial charge in [-0.05, 0) is 37.5 Å². The number of hydrogen-bond donors (Lipinski definition) is 3. The zero-order chi connectivity index (χ0) is 20.9. The van der Waals surface area contributed by atoms with Crippen LogP contribution in [-0.2, 0) is 19.9 Å². The molecule has 8 nitrogen and oxygen atoms in total. The topological polar surface area (TPSA) is 108 Å². The molecule has 0 aromatic heterocycles. The SMILES string of the molecule is CCCNC(=O)[C@@H](C)NC(=O)CN1C(=O)N[C@@](CC)(c2ccc(F)cc2)C1=O. The molecule has 1 aliphatic heterocycles. The number of imide groups is 1. The lowest BCUT2D eigenvalue weighted by molar-refractivity contribution is -0.136. The summed E-state index contributed by atoms with van der Waals surface area (Å²) < 4.78 is 13.2. The molecule has 0 radical (unpaired) electrons. The van der Waals surface area contributed by atoms with Crippen LogP contribution in [-0.4, -0.2) is 47.8 Å². The highest BCUT2D eigenvalue weighted by molar-refractivity contribution is 6.09. The average Bonchev–Trinajstić information content (AvgIpc) is 2.91. The Bertz CT molecular complexity index is 768. The Morgan fingerprint density at radius 3 is 2.43 bits per heavy atom. The summed E-state index contributed by atoms with van der Waals surface area (Å²) in [6, 6.07) is 3.76. The smallest absolute Gasteiger partial charge is 0.325 e. The van der Waals surface area contributed by atoms with Crippen molar-refractivity contribution in [3.8, 4) is 0 Å². The lowest BCUT2D eigenvalue weighted by atomic mass is 9.87. The van der Waals surface area contributed by atoms with Crippen molar-refractivity contribution in [3.63, 3.8) is 0 Å². The first-order chi connectivity index (χ1) is 13.2. The van der Waals surface area contributed by atoms with Gasteiger partial charge >= 0.3 is 6.03 Å². The molecule has 1 saturated heterocycles. The zero-order valence-electron chi connectivity index (χ0n) is 16.2. The second-order valence-electron chi connectivity index (χ2n) is 6.67. The molecule has 9 heteroatoms. The number of urea groups is 1. The van der Waals surface area contributed by atoms with Crippen molar-refractivity contribution >= 4 is 23.8 Å². The Hall–Kier alpha value is -2.97. The normalized spacial score (nSPS) is 19.9. The van der Waals surface area contributed by atoms with Crippen LogP contribution in [0.3, 0.4) is 0 Å². The molecule has 0 unspecified atom stereocenters. The first kappa shape index (κ1) is 21.3. The molecular formula is C19H25FN4O4.